The van der Waals surface area contributed by atoms with Gasteiger partial charge in [-0.3, -0.25) is 4.79 Å². The van der Waals surface area contributed by atoms with Crippen molar-refractivity contribution in [3.05, 3.63) is 65.9 Å². The summed E-state index contributed by atoms with van der Waals surface area (Å²) < 4.78 is 0. The maximum atomic E-state index is 11.5. The monoisotopic (exact) mass is 378 g/mol. The maximum absolute atomic E-state index is 11.5. The number of anilines is 2. The number of carbonyl (C=O) groups excluding carboxylic acids is 1. The van der Waals surface area contributed by atoms with Gasteiger partial charge in [0.15, 0.2) is 5.13 Å². The Hall–Kier alpha value is -2.70. The lowest BCUT2D eigenvalue weighted by Gasteiger charge is -2.20. The minimum Gasteiger partial charge on any atom is -0.360 e. The highest BCUT2D eigenvalue weighted by atomic mass is 32.1. The molecule has 6 heteroatoms. The van der Waals surface area contributed by atoms with Gasteiger partial charge >= 0.3 is 0 Å². The molecule has 0 aliphatic carbocycles. The van der Waals surface area contributed by atoms with E-state index in [2.05, 4.69) is 40.7 Å². The topological polar surface area (TPSA) is 80.0 Å². The summed E-state index contributed by atoms with van der Waals surface area (Å²) in [6, 6.07) is 16.4. The summed E-state index contributed by atoms with van der Waals surface area (Å²) in [5.74, 6) is 0.315. The zero-order valence-electron chi connectivity index (χ0n) is 15.1. The second-order valence-corrected chi connectivity index (χ2v) is 7.90. The Bertz CT molecular complexity index is 954. The molecule has 4 rings (SSSR count). The Labute approximate surface area is 162 Å². The molecule has 2 aromatic carbocycles. The molecule has 138 valence electrons. The largest absolute Gasteiger partial charge is 0.360 e. The van der Waals surface area contributed by atoms with Crippen molar-refractivity contribution < 1.29 is 4.79 Å². The van der Waals surface area contributed by atoms with E-state index in [1.165, 1.54) is 5.56 Å². The fraction of sp³-hybridized carbons (Fsp3) is 0.238. The predicted octanol–water partition coefficient (Wildman–Crippen LogP) is 3.85. The van der Waals surface area contributed by atoms with Crippen molar-refractivity contribution in [3.63, 3.8) is 0 Å². The number of carbonyl (C=O) groups is 1. The fourth-order valence-electron chi connectivity index (χ4n) is 3.26. The van der Waals surface area contributed by atoms with E-state index < -0.39 is 0 Å². The standard InChI is InChI=1S/C21H22N4OS/c1-13(14-5-3-2-4-6-14)17(22)11-23-21-24-12-19(27-21)15-7-8-18-16(9-15)10-20(26)25-18/h2-9,12-13,17H,10-11,22H2,1H3,(H,23,24)(H,25,26). The summed E-state index contributed by atoms with van der Waals surface area (Å²) in [4.78, 5) is 17.1. The van der Waals surface area contributed by atoms with Crippen LogP contribution in [0, 0.1) is 0 Å². The molecular weight excluding hydrogens is 356 g/mol. The number of hydrogen-bond donors (Lipinski definition) is 3. The van der Waals surface area contributed by atoms with Crippen LogP contribution < -0.4 is 16.4 Å². The predicted molar refractivity (Wildman–Crippen MR) is 111 cm³/mol. The quantitative estimate of drug-likeness (QED) is 0.609. The summed E-state index contributed by atoms with van der Waals surface area (Å²) in [5.41, 5.74) is 10.6. The number of rotatable bonds is 6. The Kier molecular flexibility index (Phi) is 4.92. The fourth-order valence-corrected chi connectivity index (χ4v) is 4.08. The van der Waals surface area contributed by atoms with E-state index in [1.54, 1.807) is 11.3 Å². The molecule has 2 unspecified atom stereocenters. The van der Waals surface area contributed by atoms with Gasteiger partial charge < -0.3 is 16.4 Å². The molecule has 5 nitrogen and oxygen atoms in total. The number of nitrogens with one attached hydrogen (secondary N) is 2. The Balaban J connectivity index is 1.40. The number of thiazole rings is 1. The van der Waals surface area contributed by atoms with Gasteiger partial charge in [0.05, 0.1) is 11.3 Å². The van der Waals surface area contributed by atoms with Crippen LogP contribution in [0.2, 0.25) is 0 Å². The van der Waals surface area contributed by atoms with Gasteiger partial charge in [-0.05, 0) is 34.7 Å². The van der Waals surface area contributed by atoms with Gasteiger partial charge in [0.25, 0.3) is 0 Å². The summed E-state index contributed by atoms with van der Waals surface area (Å²) in [7, 11) is 0. The van der Waals surface area contributed by atoms with Crippen LogP contribution in [-0.4, -0.2) is 23.5 Å². The highest BCUT2D eigenvalue weighted by Gasteiger charge is 2.19. The van der Waals surface area contributed by atoms with Crippen molar-refractivity contribution >= 4 is 28.1 Å². The van der Waals surface area contributed by atoms with Crippen LogP contribution in [0.5, 0.6) is 0 Å². The average molecular weight is 379 g/mol. The molecule has 0 radical (unpaired) electrons. The third kappa shape index (κ3) is 3.86. The second kappa shape index (κ2) is 7.50. The summed E-state index contributed by atoms with van der Waals surface area (Å²) >= 11 is 1.60. The number of amides is 1. The van der Waals surface area contributed by atoms with Crippen molar-refractivity contribution in [1.29, 1.82) is 0 Å². The van der Waals surface area contributed by atoms with Gasteiger partial charge in [-0.1, -0.05) is 54.7 Å². The van der Waals surface area contributed by atoms with Crippen LogP contribution >= 0.6 is 11.3 Å². The molecule has 0 bridgehead atoms. The van der Waals surface area contributed by atoms with Crippen LogP contribution in [0.4, 0.5) is 10.8 Å². The minimum atomic E-state index is -0.00293. The first kappa shape index (κ1) is 17.7. The average Bonchev–Trinajstić information content (AvgIpc) is 3.31. The number of nitrogens with zero attached hydrogens (tertiary/aromatic N) is 1. The third-order valence-corrected chi connectivity index (χ3v) is 5.98. The van der Waals surface area contributed by atoms with Crippen LogP contribution in [0.25, 0.3) is 10.4 Å². The van der Waals surface area contributed by atoms with E-state index in [-0.39, 0.29) is 17.9 Å². The number of nitrogens with two attached hydrogens (primary N) is 1. The molecule has 0 spiro atoms. The molecule has 4 N–H and O–H groups in total. The molecule has 1 aromatic heterocycles. The minimum absolute atomic E-state index is 0.00293. The first-order valence-corrected chi connectivity index (χ1v) is 9.85. The lowest BCUT2D eigenvalue weighted by Crippen LogP contribution is -2.34. The molecule has 0 saturated heterocycles. The number of fused-ring (bicyclic) bond motifs is 1. The molecule has 2 atom stereocenters. The Morgan fingerprint density at radius 3 is 2.89 bits per heavy atom. The first-order valence-electron chi connectivity index (χ1n) is 9.03. The number of benzene rings is 2. The van der Waals surface area contributed by atoms with Gasteiger partial charge in [0.2, 0.25) is 5.91 Å². The van der Waals surface area contributed by atoms with Crippen LogP contribution in [0.15, 0.2) is 54.7 Å². The summed E-state index contributed by atoms with van der Waals surface area (Å²) in [6.45, 7) is 2.81. The molecule has 1 amide bonds. The van der Waals surface area contributed by atoms with E-state index in [0.29, 0.717) is 13.0 Å². The van der Waals surface area contributed by atoms with Crippen molar-refractivity contribution in [2.24, 2.45) is 5.73 Å². The van der Waals surface area contributed by atoms with E-state index in [4.69, 9.17) is 5.73 Å². The zero-order valence-corrected chi connectivity index (χ0v) is 15.9. The van der Waals surface area contributed by atoms with Gasteiger partial charge in [-0.25, -0.2) is 4.98 Å². The van der Waals surface area contributed by atoms with Crippen molar-refractivity contribution in [2.45, 2.75) is 25.3 Å². The summed E-state index contributed by atoms with van der Waals surface area (Å²) in [6.07, 6.45) is 2.31. The van der Waals surface area contributed by atoms with Crippen molar-refractivity contribution in [3.8, 4) is 10.4 Å². The lowest BCUT2D eigenvalue weighted by molar-refractivity contribution is -0.115. The maximum Gasteiger partial charge on any atom is 0.228 e. The third-order valence-electron chi connectivity index (χ3n) is 4.98. The molecule has 0 saturated carbocycles. The van der Waals surface area contributed by atoms with Crippen molar-refractivity contribution in [2.75, 3.05) is 17.2 Å². The van der Waals surface area contributed by atoms with E-state index in [9.17, 15) is 4.79 Å². The second-order valence-electron chi connectivity index (χ2n) is 6.87. The first-order chi connectivity index (χ1) is 13.1. The molecule has 1 aliphatic rings. The molecule has 2 heterocycles. The normalized spacial score (nSPS) is 15.1. The van der Waals surface area contributed by atoms with Gasteiger partial charge in [0, 0.05) is 24.5 Å². The van der Waals surface area contributed by atoms with Crippen LogP contribution in [-0.2, 0) is 11.2 Å². The lowest BCUT2D eigenvalue weighted by atomic mass is 9.94. The zero-order chi connectivity index (χ0) is 18.8. The van der Waals surface area contributed by atoms with Crippen molar-refractivity contribution in [1.82, 2.24) is 4.98 Å². The molecule has 1 aliphatic heterocycles. The van der Waals surface area contributed by atoms with E-state index >= 15 is 0 Å². The Morgan fingerprint density at radius 2 is 2.07 bits per heavy atom. The molecule has 3 aromatic rings. The Morgan fingerprint density at radius 1 is 1.26 bits per heavy atom. The van der Waals surface area contributed by atoms with E-state index in [0.717, 1.165) is 26.8 Å². The SMILES string of the molecule is CC(c1ccccc1)C(N)CNc1ncc(-c2ccc3c(c2)CC(=O)N3)s1. The van der Waals surface area contributed by atoms with Crippen LogP contribution in [0.1, 0.15) is 24.0 Å². The summed E-state index contributed by atoms with van der Waals surface area (Å²) in [5, 5.41) is 7.08. The number of hydrogen-bond acceptors (Lipinski definition) is 5. The van der Waals surface area contributed by atoms with Gasteiger partial charge in [0.1, 0.15) is 0 Å². The molecule has 0 fully saturated rings. The van der Waals surface area contributed by atoms with Gasteiger partial charge in [-0.2, -0.15) is 0 Å². The van der Waals surface area contributed by atoms with Gasteiger partial charge in [-0.15, -0.1) is 0 Å². The number of aromatic nitrogens is 1. The molecule has 27 heavy (non-hydrogen) atoms. The highest BCUT2D eigenvalue weighted by molar-refractivity contribution is 7.18. The van der Waals surface area contributed by atoms with E-state index in [1.807, 2.05) is 36.5 Å². The molecular formula is C21H22N4OS. The highest BCUT2D eigenvalue weighted by Crippen LogP contribution is 2.33. The smallest absolute Gasteiger partial charge is 0.228 e. The van der Waals surface area contributed by atoms with Crippen LogP contribution in [0.3, 0.4) is 0 Å².